The number of hydrogen-bond acceptors (Lipinski definition) is 5. The summed E-state index contributed by atoms with van der Waals surface area (Å²) in [6.07, 6.45) is 69.9. The van der Waals surface area contributed by atoms with Crippen molar-refractivity contribution in [1.29, 1.82) is 0 Å². The maximum atomic E-state index is 12.8. The molecule has 0 aliphatic carbocycles. The molecule has 0 saturated heterocycles. The number of carbonyl (C=O) groups excluding carboxylic acids is 2. The van der Waals surface area contributed by atoms with Crippen molar-refractivity contribution in [1.82, 2.24) is 0 Å². The van der Waals surface area contributed by atoms with Crippen LogP contribution in [-0.2, 0) is 23.8 Å². The number of unbranched alkanes of at least 4 members (excludes halogenated alkanes) is 19. The Kier molecular flexibility index (Phi) is 49.5. The lowest BCUT2D eigenvalue weighted by Crippen LogP contribution is -2.30. The molecule has 0 bridgehead atoms. The lowest BCUT2D eigenvalue weighted by atomic mass is 10.1. The molecule has 0 fully saturated rings. The van der Waals surface area contributed by atoms with Crippen LogP contribution >= 0.6 is 0 Å². The third kappa shape index (κ3) is 49.5. The van der Waals surface area contributed by atoms with Crippen LogP contribution in [-0.4, -0.2) is 37.9 Å². The molecule has 0 radical (unpaired) electrons. The molecule has 0 amide bonds. The van der Waals surface area contributed by atoms with Crippen LogP contribution < -0.4 is 0 Å². The molecule has 0 aromatic heterocycles. The largest absolute Gasteiger partial charge is 0.462 e. The molecule has 0 aliphatic rings. The van der Waals surface area contributed by atoms with Gasteiger partial charge in [0.1, 0.15) is 6.61 Å². The van der Waals surface area contributed by atoms with Crippen LogP contribution in [0.3, 0.4) is 0 Å². The Bertz CT molecular complexity index is 1200. The smallest absolute Gasteiger partial charge is 0.306 e. The third-order valence-electron chi connectivity index (χ3n) is 10.6. The van der Waals surface area contributed by atoms with E-state index in [9.17, 15) is 9.59 Å². The predicted octanol–water partition coefficient (Wildman–Crippen LogP) is 17.5. The van der Waals surface area contributed by atoms with Crippen molar-refractivity contribution < 1.29 is 23.8 Å². The van der Waals surface area contributed by atoms with E-state index in [4.69, 9.17) is 14.2 Å². The van der Waals surface area contributed by atoms with E-state index in [0.29, 0.717) is 19.4 Å². The zero-order valence-corrected chi connectivity index (χ0v) is 40.6. The van der Waals surface area contributed by atoms with Crippen LogP contribution in [0.2, 0.25) is 0 Å². The fraction of sp³-hybridized carbons (Fsp3) is 0.684. The molecule has 0 aromatic rings. The van der Waals surface area contributed by atoms with Gasteiger partial charge in [0, 0.05) is 19.4 Å². The van der Waals surface area contributed by atoms with Gasteiger partial charge in [-0.15, -0.1) is 0 Å². The van der Waals surface area contributed by atoms with Crippen LogP contribution in [0, 0.1) is 0 Å². The van der Waals surface area contributed by atoms with E-state index >= 15 is 0 Å². The van der Waals surface area contributed by atoms with Crippen molar-refractivity contribution in [3.05, 3.63) is 97.2 Å². The molecule has 0 heterocycles. The first kappa shape index (κ1) is 58.8. The van der Waals surface area contributed by atoms with E-state index < -0.39 is 6.10 Å². The fourth-order valence-corrected chi connectivity index (χ4v) is 6.74. The molecule has 0 saturated carbocycles. The molecule has 1 atom stereocenters. The minimum Gasteiger partial charge on any atom is -0.462 e. The molecular weight excluding hydrogens is 765 g/mol. The highest BCUT2D eigenvalue weighted by molar-refractivity contribution is 5.70. The molecule has 1 unspecified atom stereocenters. The number of esters is 2. The molecular formula is C57H96O5. The van der Waals surface area contributed by atoms with E-state index in [0.717, 1.165) is 109 Å². The molecule has 0 N–H and O–H groups in total. The molecule has 62 heavy (non-hydrogen) atoms. The van der Waals surface area contributed by atoms with Crippen molar-refractivity contribution in [2.24, 2.45) is 0 Å². The fourth-order valence-electron chi connectivity index (χ4n) is 6.74. The van der Waals surface area contributed by atoms with Gasteiger partial charge in [-0.1, -0.05) is 189 Å². The molecule has 0 rings (SSSR count). The quantitative estimate of drug-likeness (QED) is 0.0347. The van der Waals surface area contributed by atoms with Crippen molar-refractivity contribution in [3.8, 4) is 0 Å². The van der Waals surface area contributed by atoms with Crippen LogP contribution in [0.4, 0.5) is 0 Å². The second-order valence-corrected chi connectivity index (χ2v) is 16.7. The predicted molar refractivity (Wildman–Crippen MR) is 270 cm³/mol. The summed E-state index contributed by atoms with van der Waals surface area (Å²) in [6.45, 7) is 7.54. The summed E-state index contributed by atoms with van der Waals surface area (Å²) >= 11 is 0. The van der Waals surface area contributed by atoms with E-state index in [1.54, 1.807) is 0 Å². The van der Waals surface area contributed by atoms with Gasteiger partial charge in [0.2, 0.25) is 0 Å². The molecule has 354 valence electrons. The zero-order valence-electron chi connectivity index (χ0n) is 40.6. The minimum absolute atomic E-state index is 0.0526. The van der Waals surface area contributed by atoms with Gasteiger partial charge in [0.15, 0.2) is 6.10 Å². The maximum absolute atomic E-state index is 12.8. The summed E-state index contributed by atoms with van der Waals surface area (Å²) in [5, 5.41) is 0. The second kappa shape index (κ2) is 52.2. The Morgan fingerprint density at radius 3 is 1.21 bits per heavy atom. The van der Waals surface area contributed by atoms with E-state index in [1.165, 1.54) is 83.5 Å². The van der Waals surface area contributed by atoms with Gasteiger partial charge in [0.05, 0.1) is 6.61 Å². The van der Waals surface area contributed by atoms with Gasteiger partial charge in [-0.25, -0.2) is 0 Å². The van der Waals surface area contributed by atoms with Crippen LogP contribution in [0.1, 0.15) is 226 Å². The summed E-state index contributed by atoms with van der Waals surface area (Å²) < 4.78 is 17.3. The number of carbonyl (C=O) groups is 2. The summed E-state index contributed by atoms with van der Waals surface area (Å²) in [5.74, 6) is -0.451. The van der Waals surface area contributed by atoms with Gasteiger partial charge >= 0.3 is 11.9 Å². The number of rotatable bonds is 46. The first-order valence-electron chi connectivity index (χ1n) is 25.8. The lowest BCUT2D eigenvalue weighted by Gasteiger charge is -2.18. The van der Waals surface area contributed by atoms with Crippen LogP contribution in [0.5, 0.6) is 0 Å². The van der Waals surface area contributed by atoms with Gasteiger partial charge in [-0.05, 0) is 122 Å². The molecule has 0 aromatic carbocycles. The minimum atomic E-state index is -0.573. The van der Waals surface area contributed by atoms with Gasteiger partial charge in [0.25, 0.3) is 0 Å². The number of ether oxygens (including phenoxy) is 3. The molecule has 5 nitrogen and oxygen atoms in total. The molecule has 0 spiro atoms. The van der Waals surface area contributed by atoms with Gasteiger partial charge < -0.3 is 14.2 Å². The summed E-state index contributed by atoms with van der Waals surface area (Å²) in [6, 6.07) is 0. The third-order valence-corrected chi connectivity index (χ3v) is 10.6. The second-order valence-electron chi connectivity index (χ2n) is 16.7. The highest BCUT2D eigenvalue weighted by Gasteiger charge is 2.17. The topological polar surface area (TPSA) is 61.8 Å². The van der Waals surface area contributed by atoms with Crippen molar-refractivity contribution in [3.63, 3.8) is 0 Å². The monoisotopic (exact) mass is 861 g/mol. The average molecular weight is 861 g/mol. The normalized spacial score (nSPS) is 13.0. The summed E-state index contributed by atoms with van der Waals surface area (Å²) in [5.41, 5.74) is 0. The van der Waals surface area contributed by atoms with Gasteiger partial charge in [-0.2, -0.15) is 0 Å². The Hall–Kier alpha value is -3.18. The Morgan fingerprint density at radius 1 is 0.371 bits per heavy atom. The number of allylic oxidation sites excluding steroid dienone is 16. The highest BCUT2D eigenvalue weighted by Crippen LogP contribution is 2.12. The molecule has 5 heteroatoms. The zero-order chi connectivity index (χ0) is 44.9. The lowest BCUT2D eigenvalue weighted by molar-refractivity contribution is -0.163. The molecule has 0 aliphatic heterocycles. The van der Waals surface area contributed by atoms with Crippen molar-refractivity contribution >= 4 is 11.9 Å². The first-order valence-corrected chi connectivity index (χ1v) is 25.8. The Balaban J connectivity index is 4.40. The standard InChI is InChI=1S/C57H96O5/c1-4-7-10-13-16-19-22-25-27-28-29-31-34-37-40-43-46-49-52-60-53-55(62-57(59)51-48-45-42-39-36-32-24-21-18-15-12-9-6-3)54-61-56(58)50-47-44-41-38-35-33-30-26-23-20-17-14-11-8-5-2/h7,10,16-17,19-21,24-27,29-31,37,40,55H,4-6,8-9,11-15,18,22-23,28,32-36,38-39,41-54H2,1-3H3/b10-7-,19-16-,20-17-,24-21-,27-25-,30-26-,31-29-,40-37-. The Labute approximate surface area is 383 Å². The van der Waals surface area contributed by atoms with E-state index in [1.807, 2.05) is 0 Å². The van der Waals surface area contributed by atoms with E-state index in [2.05, 4.69) is 118 Å². The van der Waals surface area contributed by atoms with Crippen LogP contribution in [0.15, 0.2) is 97.2 Å². The Morgan fingerprint density at radius 2 is 0.726 bits per heavy atom. The van der Waals surface area contributed by atoms with Crippen molar-refractivity contribution in [2.45, 2.75) is 232 Å². The van der Waals surface area contributed by atoms with Crippen LogP contribution in [0.25, 0.3) is 0 Å². The SMILES string of the molecule is CC/C=C\C/C=C\C/C=C\C/C=C\C/C=C\CCCCOCC(COC(=O)CCCCCCC/C=C\C/C=C\CCCCC)OC(=O)CCCCCCC/C=C\CCCCCC. The highest BCUT2D eigenvalue weighted by atomic mass is 16.6. The number of hydrogen-bond donors (Lipinski definition) is 0. The first-order chi connectivity index (χ1) is 30.6. The van der Waals surface area contributed by atoms with Gasteiger partial charge in [-0.3, -0.25) is 9.59 Å². The summed E-state index contributed by atoms with van der Waals surface area (Å²) in [7, 11) is 0. The maximum Gasteiger partial charge on any atom is 0.306 e. The average Bonchev–Trinajstić information content (AvgIpc) is 3.27. The van der Waals surface area contributed by atoms with Crippen molar-refractivity contribution in [2.75, 3.05) is 19.8 Å². The van der Waals surface area contributed by atoms with E-state index in [-0.39, 0.29) is 25.2 Å². The summed E-state index contributed by atoms with van der Waals surface area (Å²) in [4.78, 5) is 25.4.